The first-order chi connectivity index (χ1) is 7.72. The van der Waals surface area contributed by atoms with Crippen LogP contribution in [0.15, 0.2) is 30.7 Å². The lowest BCUT2D eigenvalue weighted by Gasteiger charge is -2.08. The van der Waals surface area contributed by atoms with Gasteiger partial charge in [0, 0.05) is 18.2 Å². The molecule has 1 heterocycles. The lowest BCUT2D eigenvalue weighted by molar-refractivity contribution is 0.394. The van der Waals surface area contributed by atoms with Crippen molar-refractivity contribution in [1.29, 1.82) is 0 Å². The molecule has 0 aliphatic heterocycles. The fourth-order valence-corrected chi connectivity index (χ4v) is 1.42. The number of aromatic nitrogens is 2. The van der Waals surface area contributed by atoms with E-state index in [1.54, 1.807) is 31.3 Å². The molecule has 0 fully saturated rings. The van der Waals surface area contributed by atoms with Crippen molar-refractivity contribution in [1.82, 2.24) is 9.55 Å². The van der Waals surface area contributed by atoms with Gasteiger partial charge in [-0.15, -0.1) is 0 Å². The van der Waals surface area contributed by atoms with Crippen LogP contribution in [0.1, 0.15) is 0 Å². The van der Waals surface area contributed by atoms with Crippen LogP contribution >= 0.6 is 0 Å². The highest BCUT2D eigenvalue weighted by Gasteiger charge is 2.04. The van der Waals surface area contributed by atoms with Crippen molar-refractivity contribution in [3.63, 3.8) is 0 Å². The predicted octanol–water partition coefficient (Wildman–Crippen LogP) is 1.47. The van der Waals surface area contributed by atoms with Crippen molar-refractivity contribution in [2.45, 2.75) is 0 Å². The largest absolute Gasteiger partial charge is 0.497 e. The maximum atomic E-state index is 5.56. The molecular weight excluding hydrogens is 206 g/mol. The van der Waals surface area contributed by atoms with Crippen LogP contribution in [0.3, 0.4) is 0 Å². The second kappa shape index (κ2) is 4.14. The Morgan fingerprint density at radius 3 is 2.19 bits per heavy atom. The molecule has 1 aromatic heterocycles. The van der Waals surface area contributed by atoms with Crippen LogP contribution in [0.5, 0.6) is 11.5 Å². The zero-order valence-electron chi connectivity index (χ0n) is 9.18. The average Bonchev–Trinajstić information content (AvgIpc) is 2.75. The SMILES string of the molecule is COc1cc(OC)cc(-n2cnc(N)c2)c1. The van der Waals surface area contributed by atoms with E-state index < -0.39 is 0 Å². The van der Waals surface area contributed by atoms with Crippen molar-refractivity contribution >= 4 is 5.82 Å². The summed E-state index contributed by atoms with van der Waals surface area (Å²) < 4.78 is 12.2. The van der Waals surface area contributed by atoms with E-state index in [0.717, 1.165) is 17.2 Å². The first-order valence-corrected chi connectivity index (χ1v) is 4.76. The topological polar surface area (TPSA) is 62.3 Å². The first kappa shape index (κ1) is 10.4. The number of methoxy groups -OCH3 is 2. The van der Waals surface area contributed by atoms with Crippen molar-refractivity contribution in [3.8, 4) is 17.2 Å². The summed E-state index contributed by atoms with van der Waals surface area (Å²) in [6.07, 6.45) is 3.37. The molecule has 1 aromatic carbocycles. The number of nitrogen functional groups attached to an aromatic ring is 1. The van der Waals surface area contributed by atoms with Gasteiger partial charge < -0.3 is 19.8 Å². The minimum Gasteiger partial charge on any atom is -0.497 e. The van der Waals surface area contributed by atoms with Crippen LogP contribution in [-0.4, -0.2) is 23.8 Å². The maximum Gasteiger partial charge on any atom is 0.141 e. The Labute approximate surface area is 93.4 Å². The summed E-state index contributed by atoms with van der Waals surface area (Å²) in [5.41, 5.74) is 6.45. The number of benzene rings is 1. The average molecular weight is 219 g/mol. The molecule has 0 bridgehead atoms. The van der Waals surface area contributed by atoms with Crippen LogP contribution in [0.25, 0.3) is 5.69 Å². The Bertz CT molecular complexity index is 471. The number of nitrogens with two attached hydrogens (primary N) is 1. The molecular formula is C11H13N3O2. The van der Waals surface area contributed by atoms with E-state index in [4.69, 9.17) is 15.2 Å². The van der Waals surface area contributed by atoms with E-state index in [1.165, 1.54) is 0 Å². The van der Waals surface area contributed by atoms with Gasteiger partial charge in [-0.1, -0.05) is 0 Å². The summed E-state index contributed by atoms with van der Waals surface area (Å²) in [5, 5.41) is 0. The standard InChI is InChI=1S/C11H13N3O2/c1-15-9-3-8(4-10(5-9)16-2)14-6-11(12)13-7-14/h3-7H,12H2,1-2H3. The van der Waals surface area contributed by atoms with E-state index in [-0.39, 0.29) is 0 Å². The van der Waals surface area contributed by atoms with E-state index in [2.05, 4.69) is 4.98 Å². The zero-order chi connectivity index (χ0) is 11.5. The van der Waals surface area contributed by atoms with Crippen LogP contribution in [-0.2, 0) is 0 Å². The van der Waals surface area contributed by atoms with Gasteiger partial charge in [-0.3, -0.25) is 0 Å². The number of rotatable bonds is 3. The van der Waals surface area contributed by atoms with Crippen LogP contribution in [0.2, 0.25) is 0 Å². The molecule has 84 valence electrons. The molecule has 5 heteroatoms. The van der Waals surface area contributed by atoms with E-state index in [0.29, 0.717) is 5.82 Å². The van der Waals surface area contributed by atoms with Gasteiger partial charge in [-0.25, -0.2) is 4.98 Å². The lowest BCUT2D eigenvalue weighted by Crippen LogP contribution is -1.94. The van der Waals surface area contributed by atoms with Gasteiger partial charge in [-0.2, -0.15) is 0 Å². The summed E-state index contributed by atoms with van der Waals surface area (Å²) in [5.74, 6) is 1.92. The number of imidazole rings is 1. The van der Waals surface area contributed by atoms with Crippen LogP contribution in [0, 0.1) is 0 Å². The number of anilines is 1. The maximum absolute atomic E-state index is 5.56. The molecule has 0 amide bonds. The molecule has 0 aliphatic rings. The molecule has 0 atom stereocenters. The third-order valence-corrected chi connectivity index (χ3v) is 2.24. The van der Waals surface area contributed by atoms with Crippen LogP contribution < -0.4 is 15.2 Å². The number of hydrogen-bond donors (Lipinski definition) is 1. The predicted molar refractivity (Wildman–Crippen MR) is 61.1 cm³/mol. The lowest BCUT2D eigenvalue weighted by atomic mass is 10.2. The van der Waals surface area contributed by atoms with Gasteiger partial charge >= 0.3 is 0 Å². The molecule has 2 rings (SSSR count). The second-order valence-corrected chi connectivity index (χ2v) is 3.28. The molecule has 2 N–H and O–H groups in total. The fourth-order valence-electron chi connectivity index (χ4n) is 1.42. The van der Waals surface area contributed by atoms with Crippen molar-refractivity contribution in [2.75, 3.05) is 20.0 Å². The van der Waals surface area contributed by atoms with Crippen LogP contribution in [0.4, 0.5) is 5.82 Å². The summed E-state index contributed by atoms with van der Waals surface area (Å²) in [7, 11) is 3.22. The molecule has 0 aliphatic carbocycles. The number of nitrogens with zero attached hydrogens (tertiary/aromatic N) is 2. The Kier molecular flexibility index (Phi) is 2.68. The highest BCUT2D eigenvalue weighted by atomic mass is 16.5. The Morgan fingerprint density at radius 1 is 1.12 bits per heavy atom. The van der Waals surface area contributed by atoms with Gasteiger partial charge in [0.05, 0.1) is 26.1 Å². The van der Waals surface area contributed by atoms with Gasteiger partial charge in [0.15, 0.2) is 0 Å². The summed E-state index contributed by atoms with van der Waals surface area (Å²) in [6.45, 7) is 0. The molecule has 0 radical (unpaired) electrons. The normalized spacial score (nSPS) is 10.1. The van der Waals surface area contributed by atoms with E-state index in [1.807, 2.05) is 18.2 Å². The van der Waals surface area contributed by atoms with Gasteiger partial charge in [0.1, 0.15) is 23.6 Å². The highest BCUT2D eigenvalue weighted by molar-refractivity contribution is 5.47. The number of hydrogen-bond acceptors (Lipinski definition) is 4. The molecule has 0 saturated carbocycles. The monoisotopic (exact) mass is 219 g/mol. The van der Waals surface area contributed by atoms with Crippen molar-refractivity contribution in [3.05, 3.63) is 30.7 Å². The van der Waals surface area contributed by atoms with E-state index >= 15 is 0 Å². The quantitative estimate of drug-likeness (QED) is 0.849. The van der Waals surface area contributed by atoms with Gasteiger partial charge in [0.2, 0.25) is 0 Å². The Hall–Kier alpha value is -2.17. The van der Waals surface area contributed by atoms with Crippen molar-refractivity contribution < 1.29 is 9.47 Å². The molecule has 2 aromatic rings. The first-order valence-electron chi connectivity index (χ1n) is 4.76. The highest BCUT2D eigenvalue weighted by Crippen LogP contribution is 2.25. The summed E-state index contributed by atoms with van der Waals surface area (Å²) in [6, 6.07) is 5.57. The molecule has 0 spiro atoms. The Balaban J connectivity index is 2.47. The van der Waals surface area contributed by atoms with Crippen molar-refractivity contribution in [2.24, 2.45) is 0 Å². The number of ether oxygens (including phenoxy) is 2. The third-order valence-electron chi connectivity index (χ3n) is 2.24. The van der Waals surface area contributed by atoms with Gasteiger partial charge in [-0.05, 0) is 0 Å². The molecule has 5 nitrogen and oxygen atoms in total. The summed E-state index contributed by atoms with van der Waals surface area (Å²) in [4.78, 5) is 3.96. The molecule has 0 unspecified atom stereocenters. The fraction of sp³-hybridized carbons (Fsp3) is 0.182. The second-order valence-electron chi connectivity index (χ2n) is 3.28. The molecule has 0 saturated heterocycles. The molecule has 16 heavy (non-hydrogen) atoms. The van der Waals surface area contributed by atoms with Gasteiger partial charge in [0.25, 0.3) is 0 Å². The smallest absolute Gasteiger partial charge is 0.141 e. The Morgan fingerprint density at radius 2 is 1.75 bits per heavy atom. The third kappa shape index (κ3) is 1.93. The zero-order valence-corrected chi connectivity index (χ0v) is 9.18. The van der Waals surface area contributed by atoms with E-state index in [9.17, 15) is 0 Å². The minimum atomic E-state index is 0.474. The summed E-state index contributed by atoms with van der Waals surface area (Å²) >= 11 is 0. The minimum absolute atomic E-state index is 0.474.